The summed E-state index contributed by atoms with van der Waals surface area (Å²) in [6, 6.07) is 1.98. The lowest BCUT2D eigenvalue weighted by Crippen LogP contribution is -2.25. The van der Waals surface area contributed by atoms with Crippen molar-refractivity contribution < 1.29 is 9.15 Å². The van der Waals surface area contributed by atoms with Crippen molar-refractivity contribution in [3.05, 3.63) is 24.2 Å². The molecule has 0 unspecified atom stereocenters. The number of nitrogens with one attached hydrogen (secondary N) is 1. The monoisotopic (exact) mass is 237 g/mol. The van der Waals surface area contributed by atoms with Crippen molar-refractivity contribution in [3.8, 4) is 0 Å². The maximum atomic E-state index is 5.86. The fraction of sp³-hybridized carbons (Fsp3) is 0.714. The molecule has 1 heterocycles. The lowest BCUT2D eigenvalue weighted by Gasteiger charge is -2.26. The van der Waals surface area contributed by atoms with Gasteiger partial charge in [0.15, 0.2) is 0 Å². The van der Waals surface area contributed by atoms with Gasteiger partial charge in [-0.05, 0) is 37.7 Å². The summed E-state index contributed by atoms with van der Waals surface area (Å²) in [5, 5.41) is 3.35. The third kappa shape index (κ3) is 4.52. The molecule has 0 amide bonds. The average molecular weight is 237 g/mol. The normalized spacial score (nSPS) is 25.0. The summed E-state index contributed by atoms with van der Waals surface area (Å²) in [6.07, 6.45) is 9.11. The van der Waals surface area contributed by atoms with Crippen LogP contribution in [0.1, 0.15) is 38.2 Å². The molecule has 0 aromatic carbocycles. The van der Waals surface area contributed by atoms with Gasteiger partial charge in [-0.1, -0.05) is 6.92 Å². The molecule has 1 aromatic rings. The van der Waals surface area contributed by atoms with Gasteiger partial charge in [0, 0.05) is 18.7 Å². The average Bonchev–Trinajstić information content (AvgIpc) is 2.84. The van der Waals surface area contributed by atoms with E-state index in [4.69, 9.17) is 9.15 Å². The molecule has 0 bridgehead atoms. The van der Waals surface area contributed by atoms with Crippen LogP contribution in [0.25, 0.3) is 0 Å². The highest BCUT2D eigenvalue weighted by molar-refractivity contribution is 5.04. The zero-order valence-corrected chi connectivity index (χ0v) is 10.7. The summed E-state index contributed by atoms with van der Waals surface area (Å²) in [6.45, 7) is 4.93. The van der Waals surface area contributed by atoms with Crippen LogP contribution in [0.3, 0.4) is 0 Å². The maximum Gasteiger partial charge on any atom is 0.0947 e. The third-order valence-corrected chi connectivity index (χ3v) is 3.50. The van der Waals surface area contributed by atoms with Gasteiger partial charge in [0.05, 0.1) is 25.2 Å². The first-order valence-electron chi connectivity index (χ1n) is 6.68. The van der Waals surface area contributed by atoms with Gasteiger partial charge in [-0.3, -0.25) is 0 Å². The van der Waals surface area contributed by atoms with Crippen LogP contribution in [-0.2, 0) is 11.3 Å². The Morgan fingerprint density at radius 1 is 1.35 bits per heavy atom. The molecule has 17 heavy (non-hydrogen) atoms. The lowest BCUT2D eigenvalue weighted by molar-refractivity contribution is 0.0215. The first kappa shape index (κ1) is 12.7. The van der Waals surface area contributed by atoms with Crippen molar-refractivity contribution in [2.45, 2.75) is 45.3 Å². The quantitative estimate of drug-likeness (QED) is 0.772. The van der Waals surface area contributed by atoms with E-state index in [-0.39, 0.29) is 0 Å². The minimum absolute atomic E-state index is 0.502. The lowest BCUT2D eigenvalue weighted by atomic mass is 9.89. The molecular formula is C14H23NO2. The Kier molecular flexibility index (Phi) is 5.08. The molecule has 0 aliphatic heterocycles. The van der Waals surface area contributed by atoms with Crippen molar-refractivity contribution >= 4 is 0 Å². The maximum absolute atomic E-state index is 5.86. The Balaban J connectivity index is 1.49. The van der Waals surface area contributed by atoms with E-state index in [1.807, 2.05) is 6.07 Å². The fourth-order valence-electron chi connectivity index (χ4n) is 2.32. The molecule has 0 spiro atoms. The standard InChI is InChI=1S/C14H23NO2/c1-12-2-4-14(5-3-12)17-9-7-15-10-13-6-8-16-11-13/h6,8,11-12,14-15H,2-5,7,9-10H2,1H3. The molecule has 3 nitrogen and oxygen atoms in total. The van der Waals surface area contributed by atoms with Gasteiger partial charge in [0.25, 0.3) is 0 Å². The number of hydrogen-bond acceptors (Lipinski definition) is 3. The van der Waals surface area contributed by atoms with E-state index in [1.165, 1.54) is 31.2 Å². The largest absolute Gasteiger partial charge is 0.472 e. The first-order valence-corrected chi connectivity index (χ1v) is 6.68. The van der Waals surface area contributed by atoms with Crippen LogP contribution < -0.4 is 5.32 Å². The van der Waals surface area contributed by atoms with Crippen LogP contribution in [0.2, 0.25) is 0 Å². The summed E-state index contributed by atoms with van der Waals surface area (Å²) >= 11 is 0. The van der Waals surface area contributed by atoms with Crippen molar-refractivity contribution in [3.63, 3.8) is 0 Å². The summed E-state index contributed by atoms with van der Waals surface area (Å²) in [4.78, 5) is 0. The van der Waals surface area contributed by atoms with Gasteiger partial charge in [0.1, 0.15) is 0 Å². The van der Waals surface area contributed by atoms with Crippen molar-refractivity contribution in [2.24, 2.45) is 5.92 Å². The second-order valence-corrected chi connectivity index (χ2v) is 5.06. The predicted octanol–water partition coefficient (Wildman–Crippen LogP) is 2.96. The van der Waals surface area contributed by atoms with Crippen molar-refractivity contribution in [1.29, 1.82) is 0 Å². The van der Waals surface area contributed by atoms with Crippen molar-refractivity contribution in [2.75, 3.05) is 13.2 Å². The van der Waals surface area contributed by atoms with E-state index < -0.39 is 0 Å². The molecular weight excluding hydrogens is 214 g/mol. The SMILES string of the molecule is CC1CCC(OCCNCc2ccoc2)CC1. The predicted molar refractivity (Wildman–Crippen MR) is 67.8 cm³/mol. The minimum atomic E-state index is 0.502. The molecule has 1 saturated carbocycles. The van der Waals surface area contributed by atoms with Crippen molar-refractivity contribution in [1.82, 2.24) is 5.32 Å². The molecule has 1 N–H and O–H groups in total. The fourth-order valence-corrected chi connectivity index (χ4v) is 2.32. The summed E-state index contributed by atoms with van der Waals surface area (Å²) in [5.74, 6) is 0.897. The molecule has 0 saturated heterocycles. The Labute approximate surface area is 104 Å². The second-order valence-electron chi connectivity index (χ2n) is 5.06. The van der Waals surface area contributed by atoms with Crippen LogP contribution >= 0.6 is 0 Å². The molecule has 96 valence electrons. The number of furan rings is 1. The molecule has 1 aliphatic rings. The van der Waals surface area contributed by atoms with E-state index in [2.05, 4.69) is 12.2 Å². The van der Waals surface area contributed by atoms with E-state index in [9.17, 15) is 0 Å². The molecule has 1 aliphatic carbocycles. The van der Waals surface area contributed by atoms with E-state index in [0.717, 1.165) is 25.6 Å². The first-order chi connectivity index (χ1) is 8.34. The smallest absolute Gasteiger partial charge is 0.0947 e. The van der Waals surface area contributed by atoms with E-state index in [0.29, 0.717) is 6.10 Å². The molecule has 0 radical (unpaired) electrons. The Bertz CT molecular complexity index is 289. The van der Waals surface area contributed by atoms with Gasteiger partial charge in [-0.25, -0.2) is 0 Å². The highest BCUT2D eigenvalue weighted by Gasteiger charge is 2.17. The molecule has 2 rings (SSSR count). The molecule has 1 fully saturated rings. The molecule has 0 atom stereocenters. The van der Waals surface area contributed by atoms with Crippen LogP contribution in [0.15, 0.2) is 23.0 Å². The zero-order valence-electron chi connectivity index (χ0n) is 10.7. The van der Waals surface area contributed by atoms with Gasteiger partial charge in [0.2, 0.25) is 0 Å². The molecule has 1 aromatic heterocycles. The highest BCUT2D eigenvalue weighted by atomic mass is 16.5. The number of rotatable bonds is 6. The summed E-state index contributed by atoms with van der Waals surface area (Å²) in [7, 11) is 0. The van der Waals surface area contributed by atoms with Crippen LogP contribution in [-0.4, -0.2) is 19.3 Å². The van der Waals surface area contributed by atoms with Gasteiger partial charge in [-0.15, -0.1) is 0 Å². The summed E-state index contributed by atoms with van der Waals surface area (Å²) < 4.78 is 10.9. The third-order valence-electron chi connectivity index (χ3n) is 3.50. The zero-order chi connectivity index (χ0) is 11.9. The highest BCUT2D eigenvalue weighted by Crippen LogP contribution is 2.25. The summed E-state index contributed by atoms with van der Waals surface area (Å²) in [5.41, 5.74) is 1.19. The number of hydrogen-bond donors (Lipinski definition) is 1. The van der Waals surface area contributed by atoms with E-state index in [1.54, 1.807) is 12.5 Å². The van der Waals surface area contributed by atoms with Gasteiger partial charge in [-0.2, -0.15) is 0 Å². The van der Waals surface area contributed by atoms with E-state index >= 15 is 0 Å². The number of ether oxygens (including phenoxy) is 1. The Morgan fingerprint density at radius 2 is 2.18 bits per heavy atom. The van der Waals surface area contributed by atoms with Crippen LogP contribution in [0.4, 0.5) is 0 Å². The van der Waals surface area contributed by atoms with Crippen LogP contribution in [0.5, 0.6) is 0 Å². The van der Waals surface area contributed by atoms with Gasteiger partial charge >= 0.3 is 0 Å². The second kappa shape index (κ2) is 6.82. The van der Waals surface area contributed by atoms with Crippen LogP contribution in [0, 0.1) is 5.92 Å². The minimum Gasteiger partial charge on any atom is -0.472 e. The van der Waals surface area contributed by atoms with Gasteiger partial charge < -0.3 is 14.5 Å². The Hall–Kier alpha value is -0.800. The Morgan fingerprint density at radius 3 is 2.88 bits per heavy atom. The molecule has 3 heteroatoms. The topological polar surface area (TPSA) is 34.4 Å².